The zero-order valence-corrected chi connectivity index (χ0v) is 17.3. The monoisotopic (exact) mass is 426 g/mol. The molecule has 0 bridgehead atoms. The Hall–Kier alpha value is -3.94. The lowest BCUT2D eigenvalue weighted by Gasteiger charge is -2.00. The van der Waals surface area contributed by atoms with E-state index in [0.29, 0.717) is 16.7 Å². The largest absolute Gasteiger partial charge is 0.508 e. The molecule has 0 saturated heterocycles. The molecule has 0 unspecified atom stereocenters. The molecule has 2 heterocycles. The van der Waals surface area contributed by atoms with Gasteiger partial charge >= 0.3 is 11.9 Å². The summed E-state index contributed by atoms with van der Waals surface area (Å²) in [5.41, 5.74) is 4.20. The first-order valence-electron chi connectivity index (χ1n) is 9.37. The molecule has 0 spiro atoms. The van der Waals surface area contributed by atoms with Crippen molar-refractivity contribution in [2.24, 2.45) is 0 Å². The SMILES string of the molecule is COC(=O)Cc1coc2cc(O)cc(C)c12.Cc1cc(O)cc2occ(CC(=O)O)c12. The van der Waals surface area contributed by atoms with E-state index >= 15 is 0 Å². The number of rotatable bonds is 4. The maximum atomic E-state index is 11.2. The summed E-state index contributed by atoms with van der Waals surface area (Å²) in [5.74, 6) is -0.930. The zero-order valence-electron chi connectivity index (χ0n) is 17.3. The highest BCUT2D eigenvalue weighted by atomic mass is 16.5. The molecule has 3 N–H and O–H groups in total. The number of hydrogen-bond donors (Lipinski definition) is 3. The molecule has 0 amide bonds. The normalized spacial score (nSPS) is 10.7. The van der Waals surface area contributed by atoms with Gasteiger partial charge in [0.05, 0.1) is 32.5 Å². The fourth-order valence-corrected chi connectivity index (χ4v) is 3.52. The second-order valence-corrected chi connectivity index (χ2v) is 7.12. The number of esters is 1. The van der Waals surface area contributed by atoms with Gasteiger partial charge in [-0.1, -0.05) is 0 Å². The van der Waals surface area contributed by atoms with Crippen LogP contribution in [0.5, 0.6) is 11.5 Å². The van der Waals surface area contributed by atoms with E-state index in [2.05, 4.69) is 4.74 Å². The molecular formula is C23H22O8. The second kappa shape index (κ2) is 8.83. The number of aryl methyl sites for hydroxylation is 2. The average Bonchev–Trinajstić information content (AvgIpc) is 3.26. The fourth-order valence-electron chi connectivity index (χ4n) is 3.52. The number of furan rings is 2. The van der Waals surface area contributed by atoms with Crippen molar-refractivity contribution >= 4 is 33.9 Å². The fraction of sp³-hybridized carbons (Fsp3) is 0.217. The van der Waals surface area contributed by atoms with E-state index in [1.807, 2.05) is 13.8 Å². The van der Waals surface area contributed by atoms with Crippen molar-refractivity contribution in [2.75, 3.05) is 7.11 Å². The van der Waals surface area contributed by atoms with Crippen molar-refractivity contribution in [1.29, 1.82) is 0 Å². The molecule has 0 radical (unpaired) electrons. The Morgan fingerprint density at radius 3 is 1.71 bits per heavy atom. The molecule has 2 aromatic carbocycles. The smallest absolute Gasteiger partial charge is 0.310 e. The van der Waals surface area contributed by atoms with Gasteiger partial charge in [0.1, 0.15) is 22.7 Å². The van der Waals surface area contributed by atoms with Crippen LogP contribution >= 0.6 is 0 Å². The molecule has 31 heavy (non-hydrogen) atoms. The van der Waals surface area contributed by atoms with Crippen molar-refractivity contribution in [2.45, 2.75) is 26.7 Å². The summed E-state index contributed by atoms with van der Waals surface area (Å²) in [6.07, 6.45) is 3.05. The highest BCUT2D eigenvalue weighted by molar-refractivity contribution is 5.90. The predicted molar refractivity (Wildman–Crippen MR) is 112 cm³/mol. The topological polar surface area (TPSA) is 130 Å². The minimum absolute atomic E-state index is 0.0708. The molecular weight excluding hydrogens is 404 g/mol. The molecule has 8 heteroatoms. The molecule has 8 nitrogen and oxygen atoms in total. The Labute approximate surface area is 177 Å². The Bertz CT molecular complexity index is 1260. The molecule has 162 valence electrons. The van der Waals surface area contributed by atoms with Gasteiger partial charge in [0.25, 0.3) is 0 Å². The minimum atomic E-state index is -0.898. The molecule has 0 saturated carbocycles. The van der Waals surface area contributed by atoms with Gasteiger partial charge in [-0.25, -0.2) is 0 Å². The summed E-state index contributed by atoms with van der Waals surface area (Å²) in [5, 5.41) is 29.1. The Morgan fingerprint density at radius 1 is 0.839 bits per heavy atom. The van der Waals surface area contributed by atoms with E-state index in [0.717, 1.165) is 27.5 Å². The zero-order chi connectivity index (χ0) is 22.7. The van der Waals surface area contributed by atoms with Gasteiger partial charge < -0.3 is 28.9 Å². The maximum absolute atomic E-state index is 11.2. The van der Waals surface area contributed by atoms with Gasteiger partial charge in [0.2, 0.25) is 0 Å². The van der Waals surface area contributed by atoms with Crippen LogP contribution in [0.4, 0.5) is 0 Å². The quantitative estimate of drug-likeness (QED) is 0.413. The summed E-state index contributed by atoms with van der Waals surface area (Å²) in [7, 11) is 1.35. The number of benzene rings is 2. The van der Waals surface area contributed by atoms with Crippen LogP contribution in [0.2, 0.25) is 0 Å². The second-order valence-electron chi connectivity index (χ2n) is 7.12. The Balaban J connectivity index is 0.000000176. The van der Waals surface area contributed by atoms with Crippen LogP contribution in [0, 0.1) is 13.8 Å². The van der Waals surface area contributed by atoms with Crippen LogP contribution in [0.3, 0.4) is 0 Å². The molecule has 0 aliphatic heterocycles. The summed E-state index contributed by atoms with van der Waals surface area (Å²) in [6, 6.07) is 6.23. The molecule has 0 atom stereocenters. The number of methoxy groups -OCH3 is 1. The van der Waals surface area contributed by atoms with Gasteiger partial charge in [-0.3, -0.25) is 9.59 Å². The van der Waals surface area contributed by atoms with Crippen LogP contribution in [0.1, 0.15) is 22.3 Å². The maximum Gasteiger partial charge on any atom is 0.310 e. The number of hydrogen-bond acceptors (Lipinski definition) is 7. The third-order valence-corrected chi connectivity index (χ3v) is 4.77. The molecule has 4 aromatic rings. The van der Waals surface area contributed by atoms with Gasteiger partial charge in [-0.15, -0.1) is 0 Å². The van der Waals surface area contributed by atoms with Crippen LogP contribution in [-0.2, 0) is 27.2 Å². The van der Waals surface area contributed by atoms with Gasteiger partial charge in [0.15, 0.2) is 0 Å². The predicted octanol–water partition coefficient (Wildman–Crippen LogP) is 4.24. The summed E-state index contributed by atoms with van der Waals surface area (Å²) >= 11 is 0. The average molecular weight is 426 g/mol. The number of aliphatic carboxylic acids is 1. The number of phenolic OH excluding ortho intramolecular Hbond substituents is 2. The number of carbonyl (C=O) groups is 2. The van der Waals surface area contributed by atoms with E-state index < -0.39 is 5.97 Å². The van der Waals surface area contributed by atoms with Crippen molar-refractivity contribution in [1.82, 2.24) is 0 Å². The first-order chi connectivity index (χ1) is 14.7. The lowest BCUT2D eigenvalue weighted by atomic mass is 10.1. The van der Waals surface area contributed by atoms with E-state index in [4.69, 9.17) is 13.9 Å². The summed E-state index contributed by atoms with van der Waals surface area (Å²) in [4.78, 5) is 21.8. The number of aromatic hydroxyl groups is 2. The number of phenols is 2. The Morgan fingerprint density at radius 2 is 1.29 bits per heavy atom. The number of fused-ring (bicyclic) bond motifs is 2. The first kappa shape index (κ1) is 21.8. The molecule has 0 fully saturated rings. The number of ether oxygens (including phenoxy) is 1. The van der Waals surface area contributed by atoms with E-state index in [-0.39, 0.29) is 30.3 Å². The van der Waals surface area contributed by atoms with Crippen molar-refractivity contribution in [3.05, 3.63) is 59.0 Å². The van der Waals surface area contributed by atoms with E-state index in [1.54, 1.807) is 12.1 Å². The van der Waals surface area contributed by atoms with Crippen molar-refractivity contribution in [3.8, 4) is 11.5 Å². The lowest BCUT2D eigenvalue weighted by Crippen LogP contribution is -2.03. The van der Waals surface area contributed by atoms with Gasteiger partial charge in [-0.2, -0.15) is 0 Å². The Kier molecular flexibility index (Phi) is 6.20. The molecule has 0 aliphatic carbocycles. The highest BCUT2D eigenvalue weighted by Crippen LogP contribution is 2.30. The minimum Gasteiger partial charge on any atom is -0.508 e. The van der Waals surface area contributed by atoms with E-state index in [9.17, 15) is 19.8 Å². The standard InChI is InChI=1S/C12H12O4.C11H10O4/c1-7-3-9(13)5-10-12(7)8(6-16-10)4-11(14)15-2;1-6-2-8(12)4-9-11(6)7(5-15-9)3-10(13)14/h3,5-6,13H,4H2,1-2H3;2,4-5,12H,3H2,1H3,(H,13,14). The molecule has 0 aliphatic rings. The number of carboxylic acid groups (broad SMARTS) is 1. The van der Waals surface area contributed by atoms with Crippen LogP contribution in [-0.4, -0.2) is 34.4 Å². The number of carboxylic acids is 1. The molecule has 2 aromatic heterocycles. The number of carbonyl (C=O) groups excluding carboxylic acids is 1. The highest BCUT2D eigenvalue weighted by Gasteiger charge is 2.14. The van der Waals surface area contributed by atoms with Crippen LogP contribution < -0.4 is 0 Å². The van der Waals surface area contributed by atoms with Crippen LogP contribution in [0.15, 0.2) is 45.6 Å². The summed E-state index contributed by atoms with van der Waals surface area (Å²) < 4.78 is 15.1. The van der Waals surface area contributed by atoms with Crippen molar-refractivity contribution in [3.63, 3.8) is 0 Å². The van der Waals surface area contributed by atoms with E-state index in [1.165, 1.54) is 31.8 Å². The third-order valence-electron chi connectivity index (χ3n) is 4.77. The van der Waals surface area contributed by atoms with Gasteiger partial charge in [0, 0.05) is 34.0 Å². The van der Waals surface area contributed by atoms with Crippen molar-refractivity contribution < 1.29 is 38.5 Å². The lowest BCUT2D eigenvalue weighted by molar-refractivity contribution is -0.140. The van der Waals surface area contributed by atoms with Gasteiger partial charge in [-0.05, 0) is 37.1 Å². The summed E-state index contributed by atoms with van der Waals surface area (Å²) in [6.45, 7) is 3.67. The first-order valence-corrected chi connectivity index (χ1v) is 9.37. The molecule has 4 rings (SSSR count). The third kappa shape index (κ3) is 4.80. The van der Waals surface area contributed by atoms with Crippen LogP contribution in [0.25, 0.3) is 21.9 Å².